The molecular weight excluding hydrogens is 316 g/mol. The lowest BCUT2D eigenvalue weighted by atomic mass is 10.1. The Bertz CT molecular complexity index is 714. The molecule has 0 N–H and O–H groups in total. The zero-order valence-corrected chi connectivity index (χ0v) is 14.4. The molecule has 1 aliphatic rings. The second-order valence-corrected chi connectivity index (χ2v) is 7.25. The number of hydrogen-bond donors (Lipinski definition) is 0. The normalized spacial score (nSPS) is 16.8. The van der Waals surface area contributed by atoms with Gasteiger partial charge >= 0.3 is 6.09 Å². The highest BCUT2D eigenvalue weighted by Crippen LogP contribution is 2.28. The summed E-state index contributed by atoms with van der Waals surface area (Å²) in [6, 6.07) is 4.11. The van der Waals surface area contributed by atoms with Crippen LogP contribution in [0.25, 0.3) is 11.0 Å². The van der Waals surface area contributed by atoms with Gasteiger partial charge in [-0.25, -0.2) is 4.79 Å². The summed E-state index contributed by atoms with van der Waals surface area (Å²) in [5.41, 5.74) is 1.37. The Morgan fingerprint density at radius 3 is 2.65 bits per heavy atom. The van der Waals surface area contributed by atoms with Crippen molar-refractivity contribution in [1.82, 2.24) is 19.7 Å². The van der Waals surface area contributed by atoms with E-state index in [1.807, 2.05) is 39.1 Å². The fourth-order valence-electron chi connectivity index (χ4n) is 2.90. The van der Waals surface area contributed by atoms with E-state index in [-0.39, 0.29) is 6.09 Å². The monoisotopic (exact) mass is 336 g/mol. The van der Waals surface area contributed by atoms with Crippen LogP contribution < -0.4 is 0 Å². The number of carbonyl (C=O) groups is 1. The first-order chi connectivity index (χ1) is 10.8. The summed E-state index contributed by atoms with van der Waals surface area (Å²) >= 11 is 5.96. The number of likely N-dealkylation sites (tertiary alicyclic amines) is 1. The molecule has 7 heteroatoms. The zero-order chi connectivity index (χ0) is 16.6. The number of hydrogen-bond acceptors (Lipinski definition) is 4. The van der Waals surface area contributed by atoms with Gasteiger partial charge in [0, 0.05) is 31.4 Å². The van der Waals surface area contributed by atoms with Gasteiger partial charge in [-0.1, -0.05) is 11.6 Å². The Morgan fingerprint density at radius 1 is 1.30 bits per heavy atom. The van der Waals surface area contributed by atoms with Crippen LogP contribution in [0.2, 0.25) is 5.15 Å². The van der Waals surface area contributed by atoms with Gasteiger partial charge in [0.25, 0.3) is 0 Å². The van der Waals surface area contributed by atoms with Crippen LogP contribution in [0.5, 0.6) is 0 Å². The molecule has 2 aromatic heterocycles. The highest BCUT2D eigenvalue weighted by Gasteiger charge is 2.27. The number of fused-ring (bicyclic) bond motifs is 1. The Hall–Kier alpha value is -1.82. The van der Waals surface area contributed by atoms with Crippen molar-refractivity contribution < 1.29 is 9.53 Å². The number of nitrogens with zero attached hydrogens (tertiary/aromatic N) is 4. The van der Waals surface area contributed by atoms with Crippen molar-refractivity contribution in [3.63, 3.8) is 0 Å². The maximum Gasteiger partial charge on any atom is 0.410 e. The molecule has 0 aromatic carbocycles. The minimum atomic E-state index is -0.458. The summed E-state index contributed by atoms with van der Waals surface area (Å²) in [7, 11) is 0. The molecule has 1 fully saturated rings. The minimum absolute atomic E-state index is 0.234. The Labute approximate surface area is 140 Å². The fraction of sp³-hybridized carbons (Fsp3) is 0.562. The Balaban J connectivity index is 1.69. The van der Waals surface area contributed by atoms with Crippen LogP contribution in [0.1, 0.15) is 39.7 Å². The molecule has 3 heterocycles. The van der Waals surface area contributed by atoms with Gasteiger partial charge in [-0.2, -0.15) is 0 Å². The van der Waals surface area contributed by atoms with E-state index in [0.29, 0.717) is 24.3 Å². The highest BCUT2D eigenvalue weighted by atomic mass is 35.5. The third kappa shape index (κ3) is 3.58. The quantitative estimate of drug-likeness (QED) is 0.797. The lowest BCUT2D eigenvalue weighted by Crippen LogP contribution is -2.42. The van der Waals surface area contributed by atoms with Crippen molar-refractivity contribution in [1.29, 1.82) is 0 Å². The molecule has 0 atom stereocenters. The molecule has 0 aliphatic carbocycles. The van der Waals surface area contributed by atoms with Gasteiger partial charge in [-0.05, 0) is 39.7 Å². The van der Waals surface area contributed by atoms with Gasteiger partial charge in [0.05, 0.1) is 5.52 Å². The van der Waals surface area contributed by atoms with Crippen LogP contribution in [0.15, 0.2) is 18.3 Å². The summed E-state index contributed by atoms with van der Waals surface area (Å²) in [5, 5.41) is 8.35. The average molecular weight is 337 g/mol. The van der Waals surface area contributed by atoms with Crippen molar-refractivity contribution in [3.05, 3.63) is 23.5 Å². The number of carbonyl (C=O) groups excluding carboxylic acids is 1. The topological polar surface area (TPSA) is 60.2 Å². The van der Waals surface area contributed by atoms with Crippen LogP contribution in [0.4, 0.5) is 4.79 Å². The highest BCUT2D eigenvalue weighted by molar-refractivity contribution is 6.29. The Kier molecular flexibility index (Phi) is 4.19. The molecule has 2 aromatic rings. The van der Waals surface area contributed by atoms with Crippen molar-refractivity contribution in [2.24, 2.45) is 0 Å². The molecule has 0 radical (unpaired) electrons. The van der Waals surface area contributed by atoms with E-state index < -0.39 is 5.60 Å². The lowest BCUT2D eigenvalue weighted by molar-refractivity contribution is 0.0190. The maximum atomic E-state index is 12.1. The molecule has 3 rings (SSSR count). The molecular formula is C16H21ClN4O2. The molecule has 0 unspecified atom stereocenters. The van der Waals surface area contributed by atoms with E-state index in [2.05, 4.69) is 14.8 Å². The van der Waals surface area contributed by atoms with Crippen LogP contribution in [0, 0.1) is 0 Å². The first kappa shape index (κ1) is 16.1. The maximum absolute atomic E-state index is 12.1. The SMILES string of the molecule is CC(C)(C)OC(=O)N1CCC(n2ccc3nnc(Cl)cc32)CC1. The van der Waals surface area contributed by atoms with Crippen LogP contribution >= 0.6 is 11.6 Å². The summed E-state index contributed by atoms with van der Waals surface area (Å²) in [4.78, 5) is 13.9. The van der Waals surface area contributed by atoms with Gasteiger partial charge in [0.15, 0.2) is 5.15 Å². The second-order valence-electron chi connectivity index (χ2n) is 6.86. The largest absolute Gasteiger partial charge is 0.444 e. The summed E-state index contributed by atoms with van der Waals surface area (Å²) in [6.45, 7) is 7.02. The molecule has 1 aliphatic heterocycles. The van der Waals surface area contributed by atoms with Gasteiger partial charge in [-0.3, -0.25) is 0 Å². The first-order valence-corrected chi connectivity index (χ1v) is 8.19. The molecule has 23 heavy (non-hydrogen) atoms. The van der Waals surface area contributed by atoms with E-state index in [0.717, 1.165) is 23.9 Å². The number of aromatic nitrogens is 3. The molecule has 1 saturated heterocycles. The van der Waals surface area contributed by atoms with E-state index >= 15 is 0 Å². The number of piperidine rings is 1. The molecule has 6 nitrogen and oxygen atoms in total. The predicted molar refractivity (Wildman–Crippen MR) is 88.6 cm³/mol. The first-order valence-electron chi connectivity index (χ1n) is 7.81. The smallest absolute Gasteiger partial charge is 0.410 e. The van der Waals surface area contributed by atoms with Gasteiger partial charge in [0.1, 0.15) is 11.1 Å². The van der Waals surface area contributed by atoms with Crippen molar-refractivity contribution in [3.8, 4) is 0 Å². The van der Waals surface area contributed by atoms with Gasteiger partial charge < -0.3 is 14.2 Å². The van der Waals surface area contributed by atoms with E-state index in [4.69, 9.17) is 16.3 Å². The number of amides is 1. The Morgan fingerprint density at radius 2 is 2.00 bits per heavy atom. The average Bonchev–Trinajstić information content (AvgIpc) is 2.88. The number of halogens is 1. The van der Waals surface area contributed by atoms with E-state index in [9.17, 15) is 4.79 Å². The van der Waals surface area contributed by atoms with Crippen molar-refractivity contribution >= 4 is 28.7 Å². The summed E-state index contributed by atoms with van der Waals surface area (Å²) in [5.74, 6) is 0. The second kappa shape index (κ2) is 6.00. The third-order valence-corrected chi connectivity index (χ3v) is 4.14. The molecule has 0 spiro atoms. The zero-order valence-electron chi connectivity index (χ0n) is 13.6. The fourth-order valence-corrected chi connectivity index (χ4v) is 3.04. The standard InChI is InChI=1S/C16H21ClN4O2/c1-16(2,3)23-15(22)20-7-4-11(5-8-20)21-9-6-12-13(21)10-14(17)19-18-12/h6,9-11H,4-5,7-8H2,1-3H3. The van der Waals surface area contributed by atoms with Crippen LogP contribution in [-0.4, -0.2) is 44.4 Å². The van der Waals surface area contributed by atoms with Gasteiger partial charge in [0.2, 0.25) is 0 Å². The number of ether oxygens (including phenoxy) is 1. The predicted octanol–water partition coefficient (Wildman–Crippen LogP) is 3.66. The number of rotatable bonds is 1. The van der Waals surface area contributed by atoms with Crippen LogP contribution in [-0.2, 0) is 4.74 Å². The summed E-state index contributed by atoms with van der Waals surface area (Å²) in [6.07, 6.45) is 3.54. The summed E-state index contributed by atoms with van der Waals surface area (Å²) < 4.78 is 7.62. The molecule has 124 valence electrons. The third-order valence-electron chi connectivity index (χ3n) is 3.95. The van der Waals surface area contributed by atoms with Crippen LogP contribution in [0.3, 0.4) is 0 Å². The van der Waals surface area contributed by atoms with Crippen molar-refractivity contribution in [2.45, 2.75) is 45.3 Å². The minimum Gasteiger partial charge on any atom is -0.444 e. The van der Waals surface area contributed by atoms with Crippen molar-refractivity contribution in [2.75, 3.05) is 13.1 Å². The lowest BCUT2D eigenvalue weighted by Gasteiger charge is -2.34. The molecule has 1 amide bonds. The molecule has 0 bridgehead atoms. The van der Waals surface area contributed by atoms with Gasteiger partial charge in [-0.15, -0.1) is 10.2 Å². The molecule has 0 saturated carbocycles. The van der Waals surface area contributed by atoms with E-state index in [1.54, 1.807) is 4.90 Å². The van der Waals surface area contributed by atoms with E-state index in [1.165, 1.54) is 0 Å².